The van der Waals surface area contributed by atoms with Crippen LogP contribution in [0.3, 0.4) is 0 Å². The minimum atomic E-state index is -0.00833. The van der Waals surface area contributed by atoms with E-state index < -0.39 is 0 Å². The van der Waals surface area contributed by atoms with E-state index in [2.05, 4.69) is 58.8 Å². The van der Waals surface area contributed by atoms with Crippen LogP contribution in [0.15, 0.2) is 24.3 Å². The van der Waals surface area contributed by atoms with Crippen LogP contribution in [0.2, 0.25) is 0 Å². The van der Waals surface area contributed by atoms with Crippen molar-refractivity contribution in [3.05, 3.63) is 29.8 Å². The van der Waals surface area contributed by atoms with Crippen molar-refractivity contribution in [1.29, 1.82) is 0 Å². The van der Waals surface area contributed by atoms with E-state index in [4.69, 9.17) is 0 Å². The van der Waals surface area contributed by atoms with Gasteiger partial charge in [0.15, 0.2) is 0 Å². The van der Waals surface area contributed by atoms with Crippen LogP contribution in [0.1, 0.15) is 56.6 Å². The van der Waals surface area contributed by atoms with Crippen LogP contribution < -0.4 is 15.5 Å². The summed E-state index contributed by atoms with van der Waals surface area (Å²) < 4.78 is 0. The van der Waals surface area contributed by atoms with Gasteiger partial charge in [-0.3, -0.25) is 4.90 Å². The summed E-state index contributed by atoms with van der Waals surface area (Å²) in [7, 11) is 4.12. The molecule has 2 fully saturated rings. The molecule has 1 aromatic rings. The quantitative estimate of drug-likeness (QED) is 0.818. The zero-order valence-corrected chi connectivity index (χ0v) is 16.3. The molecule has 2 N–H and O–H groups in total. The zero-order valence-electron chi connectivity index (χ0n) is 16.3. The number of benzene rings is 1. The fourth-order valence-corrected chi connectivity index (χ4v) is 4.18. The minimum absolute atomic E-state index is 0.00833. The van der Waals surface area contributed by atoms with E-state index in [1.165, 1.54) is 43.4 Å². The van der Waals surface area contributed by atoms with Crippen molar-refractivity contribution >= 4 is 11.7 Å². The van der Waals surface area contributed by atoms with Crippen molar-refractivity contribution in [3.8, 4) is 0 Å². The molecule has 2 aliphatic rings. The van der Waals surface area contributed by atoms with E-state index in [9.17, 15) is 4.79 Å². The number of hydrogen-bond donors (Lipinski definition) is 2. The third-order valence-corrected chi connectivity index (χ3v) is 5.77. The number of anilines is 1. The van der Waals surface area contributed by atoms with Gasteiger partial charge in [-0.1, -0.05) is 31.4 Å². The van der Waals surface area contributed by atoms with Crippen molar-refractivity contribution in [2.75, 3.05) is 38.6 Å². The van der Waals surface area contributed by atoms with Gasteiger partial charge in [0.25, 0.3) is 0 Å². The Morgan fingerprint density at radius 2 is 1.73 bits per heavy atom. The van der Waals surface area contributed by atoms with Gasteiger partial charge in [-0.05, 0) is 56.5 Å². The molecule has 26 heavy (non-hydrogen) atoms. The molecule has 1 aromatic carbocycles. The fourth-order valence-electron chi connectivity index (χ4n) is 4.18. The number of hydrogen-bond acceptors (Lipinski definition) is 3. The highest BCUT2D eigenvalue weighted by molar-refractivity contribution is 5.74. The maximum absolute atomic E-state index is 12.4. The van der Waals surface area contributed by atoms with Crippen LogP contribution in [0, 0.1) is 0 Å². The largest absolute Gasteiger partial charge is 0.378 e. The lowest BCUT2D eigenvalue weighted by Gasteiger charge is -2.29. The molecule has 0 spiro atoms. The first-order chi connectivity index (χ1) is 12.6. The molecule has 1 saturated carbocycles. The Balaban J connectivity index is 1.59. The lowest BCUT2D eigenvalue weighted by molar-refractivity contribution is 0.215. The Morgan fingerprint density at radius 3 is 2.35 bits per heavy atom. The van der Waals surface area contributed by atoms with E-state index in [-0.39, 0.29) is 12.1 Å². The third-order valence-electron chi connectivity index (χ3n) is 5.77. The Bertz CT molecular complexity index is 560. The van der Waals surface area contributed by atoms with E-state index >= 15 is 0 Å². The molecule has 5 nitrogen and oxygen atoms in total. The Morgan fingerprint density at radius 1 is 1.08 bits per heavy atom. The molecule has 5 heteroatoms. The predicted molar refractivity (Wildman–Crippen MR) is 108 cm³/mol. The first-order valence-electron chi connectivity index (χ1n) is 10.2. The van der Waals surface area contributed by atoms with Gasteiger partial charge in [-0.15, -0.1) is 0 Å². The summed E-state index contributed by atoms with van der Waals surface area (Å²) in [5.74, 6) is 0. The summed E-state index contributed by atoms with van der Waals surface area (Å²) in [5, 5.41) is 6.31. The van der Waals surface area contributed by atoms with Crippen LogP contribution in [0.5, 0.6) is 0 Å². The standard InChI is InChI=1S/C21H34N4O/c1-24(2)19-12-10-17(11-13-19)20(25-14-6-7-15-25)16-22-21(26)23-18-8-4-3-5-9-18/h10-13,18,20H,3-9,14-16H2,1-2H3,(H2,22,23,26). The van der Waals surface area contributed by atoms with E-state index in [1.54, 1.807) is 0 Å². The zero-order chi connectivity index (χ0) is 18.4. The van der Waals surface area contributed by atoms with E-state index in [0.717, 1.165) is 25.9 Å². The van der Waals surface area contributed by atoms with Crippen molar-refractivity contribution in [2.45, 2.75) is 57.0 Å². The molecular weight excluding hydrogens is 324 g/mol. The molecule has 1 aliphatic heterocycles. The van der Waals surface area contributed by atoms with Gasteiger partial charge in [0.05, 0.1) is 6.04 Å². The minimum Gasteiger partial charge on any atom is -0.378 e. The Kier molecular flexibility index (Phi) is 6.78. The van der Waals surface area contributed by atoms with Crippen LogP contribution in [-0.4, -0.2) is 50.7 Å². The number of carbonyl (C=O) groups excluding carboxylic acids is 1. The number of carbonyl (C=O) groups is 1. The average Bonchev–Trinajstić information content (AvgIpc) is 3.17. The molecule has 1 heterocycles. The summed E-state index contributed by atoms with van der Waals surface area (Å²) in [6.45, 7) is 2.90. The molecule has 1 aliphatic carbocycles. The van der Waals surface area contributed by atoms with Crippen molar-refractivity contribution in [2.24, 2.45) is 0 Å². The van der Waals surface area contributed by atoms with Gasteiger partial charge in [-0.2, -0.15) is 0 Å². The summed E-state index contributed by atoms with van der Waals surface area (Å²) in [6.07, 6.45) is 8.52. The number of urea groups is 1. The van der Waals surface area contributed by atoms with Crippen molar-refractivity contribution in [1.82, 2.24) is 15.5 Å². The highest BCUT2D eigenvalue weighted by Crippen LogP contribution is 2.26. The second-order valence-electron chi connectivity index (χ2n) is 7.93. The SMILES string of the molecule is CN(C)c1ccc(C(CNC(=O)NC2CCCCC2)N2CCCC2)cc1. The van der Waals surface area contributed by atoms with Crippen LogP contribution in [0.25, 0.3) is 0 Å². The van der Waals surface area contributed by atoms with Crippen LogP contribution in [-0.2, 0) is 0 Å². The number of nitrogens with zero attached hydrogens (tertiary/aromatic N) is 2. The second kappa shape index (κ2) is 9.26. The molecule has 1 atom stereocenters. The average molecular weight is 359 g/mol. The predicted octanol–water partition coefficient (Wildman–Crippen LogP) is 3.52. The highest BCUT2D eigenvalue weighted by atomic mass is 16.2. The summed E-state index contributed by atoms with van der Waals surface area (Å²) in [4.78, 5) is 17.0. The lowest BCUT2D eigenvalue weighted by Crippen LogP contribution is -2.45. The topological polar surface area (TPSA) is 47.6 Å². The van der Waals surface area contributed by atoms with Gasteiger partial charge in [-0.25, -0.2) is 4.79 Å². The maximum Gasteiger partial charge on any atom is 0.315 e. The van der Waals surface area contributed by atoms with Gasteiger partial charge >= 0.3 is 6.03 Å². The summed E-state index contributed by atoms with van der Waals surface area (Å²) in [5.41, 5.74) is 2.49. The number of amides is 2. The smallest absolute Gasteiger partial charge is 0.315 e. The second-order valence-corrected chi connectivity index (χ2v) is 7.93. The van der Waals surface area contributed by atoms with Gasteiger partial charge < -0.3 is 15.5 Å². The van der Waals surface area contributed by atoms with Crippen molar-refractivity contribution < 1.29 is 4.79 Å². The fraction of sp³-hybridized carbons (Fsp3) is 0.667. The molecule has 3 rings (SSSR count). The number of nitrogens with one attached hydrogen (secondary N) is 2. The summed E-state index contributed by atoms with van der Waals surface area (Å²) in [6, 6.07) is 9.35. The molecule has 1 unspecified atom stereocenters. The molecule has 0 aromatic heterocycles. The van der Waals surface area contributed by atoms with Gasteiger partial charge in [0, 0.05) is 32.4 Å². The molecular formula is C21H34N4O. The van der Waals surface area contributed by atoms with Crippen LogP contribution in [0.4, 0.5) is 10.5 Å². The number of rotatable bonds is 6. The Labute approximate surface area is 158 Å². The highest BCUT2D eigenvalue weighted by Gasteiger charge is 2.24. The number of likely N-dealkylation sites (tertiary alicyclic amines) is 1. The lowest BCUT2D eigenvalue weighted by atomic mass is 9.96. The van der Waals surface area contributed by atoms with Crippen LogP contribution >= 0.6 is 0 Å². The van der Waals surface area contributed by atoms with Gasteiger partial charge in [0.2, 0.25) is 0 Å². The molecule has 0 radical (unpaired) electrons. The normalized spacial score (nSPS) is 19.9. The molecule has 1 saturated heterocycles. The molecule has 144 valence electrons. The van der Waals surface area contributed by atoms with E-state index in [0.29, 0.717) is 12.6 Å². The molecule has 0 bridgehead atoms. The maximum atomic E-state index is 12.4. The van der Waals surface area contributed by atoms with Gasteiger partial charge in [0.1, 0.15) is 0 Å². The Hall–Kier alpha value is -1.75. The monoisotopic (exact) mass is 358 g/mol. The molecule has 2 amide bonds. The third kappa shape index (κ3) is 5.13. The van der Waals surface area contributed by atoms with E-state index in [1.807, 2.05) is 0 Å². The first kappa shape index (κ1) is 19.0. The first-order valence-corrected chi connectivity index (χ1v) is 10.2. The van der Waals surface area contributed by atoms with Crippen molar-refractivity contribution in [3.63, 3.8) is 0 Å². The summed E-state index contributed by atoms with van der Waals surface area (Å²) >= 11 is 0.